The number of aliphatic hydroxyl groups excluding tert-OH is 1. The first kappa shape index (κ1) is 22.5. The van der Waals surface area contributed by atoms with Gasteiger partial charge in [-0.1, -0.05) is 17.9 Å². The van der Waals surface area contributed by atoms with Crippen molar-refractivity contribution in [2.45, 2.75) is 19.6 Å². The molecule has 4 N–H and O–H groups in total. The number of hydrogen-bond donors (Lipinski definition) is 3. The Morgan fingerprint density at radius 1 is 1.28 bits per heavy atom. The molecule has 164 valence electrons. The van der Waals surface area contributed by atoms with E-state index < -0.39 is 17.9 Å². The van der Waals surface area contributed by atoms with E-state index in [0.717, 1.165) is 0 Å². The van der Waals surface area contributed by atoms with Crippen LogP contribution in [-0.4, -0.2) is 51.2 Å². The number of nitrogens with one attached hydrogen (secondary N) is 1. The van der Waals surface area contributed by atoms with Crippen LogP contribution < -0.4 is 15.8 Å². The Hall–Kier alpha value is -4.16. The molecule has 1 aliphatic rings. The van der Waals surface area contributed by atoms with E-state index in [1.165, 1.54) is 7.05 Å². The number of carbonyl (C=O) groups is 2. The van der Waals surface area contributed by atoms with Crippen LogP contribution in [0.2, 0.25) is 0 Å². The smallest absolute Gasteiger partial charge is 0.270 e. The number of primary amides is 1. The number of fused-ring (bicyclic) bond motifs is 3. The van der Waals surface area contributed by atoms with E-state index in [1.807, 2.05) is 18.2 Å². The van der Waals surface area contributed by atoms with E-state index >= 15 is 0 Å². The van der Waals surface area contributed by atoms with Crippen LogP contribution in [0.1, 0.15) is 33.5 Å². The zero-order chi connectivity index (χ0) is 23.1. The molecule has 2 aromatic heterocycles. The number of aromatic nitrogens is 3. The molecule has 2 amide bonds. The number of rotatable bonds is 2. The number of imidazole rings is 1. The van der Waals surface area contributed by atoms with Crippen LogP contribution in [0.3, 0.4) is 0 Å². The Kier molecular flexibility index (Phi) is 7.21. The van der Waals surface area contributed by atoms with Gasteiger partial charge >= 0.3 is 0 Å². The second-order valence-corrected chi connectivity index (χ2v) is 6.76. The van der Waals surface area contributed by atoms with Gasteiger partial charge in [0.2, 0.25) is 0 Å². The van der Waals surface area contributed by atoms with Crippen molar-refractivity contribution in [1.29, 1.82) is 0 Å². The van der Waals surface area contributed by atoms with Crippen LogP contribution in [0.4, 0.5) is 0 Å². The molecule has 1 atom stereocenters. The number of carbonyl (C=O) groups excluding carboxylic acids is 2. The van der Waals surface area contributed by atoms with Crippen molar-refractivity contribution in [2.24, 2.45) is 5.73 Å². The van der Waals surface area contributed by atoms with E-state index in [0.29, 0.717) is 35.9 Å². The number of nitrogens with zero attached hydrogens (tertiary/aromatic N) is 3. The van der Waals surface area contributed by atoms with Crippen molar-refractivity contribution in [2.75, 3.05) is 13.7 Å². The van der Waals surface area contributed by atoms with Gasteiger partial charge in [-0.15, -0.1) is 0 Å². The van der Waals surface area contributed by atoms with E-state index in [2.05, 4.69) is 27.1 Å². The Balaban J connectivity index is 0.000000416. The molecule has 0 bridgehead atoms. The van der Waals surface area contributed by atoms with Crippen LogP contribution in [0, 0.1) is 11.8 Å². The van der Waals surface area contributed by atoms with Crippen LogP contribution >= 0.6 is 0 Å². The van der Waals surface area contributed by atoms with E-state index in [-0.39, 0.29) is 11.4 Å². The van der Waals surface area contributed by atoms with Gasteiger partial charge in [-0.05, 0) is 37.3 Å². The Morgan fingerprint density at radius 2 is 2.03 bits per heavy atom. The topological polar surface area (TPSA) is 132 Å². The van der Waals surface area contributed by atoms with Crippen molar-refractivity contribution in [1.82, 2.24) is 19.9 Å². The Bertz CT molecular complexity index is 1150. The first-order valence-electron chi connectivity index (χ1n) is 9.86. The third kappa shape index (κ3) is 5.11. The molecule has 0 saturated carbocycles. The van der Waals surface area contributed by atoms with Gasteiger partial charge in [0.25, 0.3) is 11.8 Å². The number of ether oxygens (including phenoxy) is 1. The van der Waals surface area contributed by atoms with Crippen molar-refractivity contribution in [3.05, 3.63) is 65.7 Å². The molecule has 1 aliphatic heterocycles. The number of benzene rings is 1. The molecule has 0 aliphatic carbocycles. The summed E-state index contributed by atoms with van der Waals surface area (Å²) in [6.07, 6.45) is 2.74. The summed E-state index contributed by atoms with van der Waals surface area (Å²) in [4.78, 5) is 32.1. The molecule has 0 radical (unpaired) electrons. The summed E-state index contributed by atoms with van der Waals surface area (Å²) in [6, 6.07) is 11.0. The highest BCUT2D eigenvalue weighted by atomic mass is 16.5. The molecule has 0 unspecified atom stereocenters. The van der Waals surface area contributed by atoms with Crippen molar-refractivity contribution in [3.63, 3.8) is 0 Å². The van der Waals surface area contributed by atoms with Crippen molar-refractivity contribution in [3.8, 4) is 29.0 Å². The summed E-state index contributed by atoms with van der Waals surface area (Å²) in [6.45, 7) is 2.21. The summed E-state index contributed by atoms with van der Waals surface area (Å²) in [7, 11) is 1.47. The molecule has 32 heavy (non-hydrogen) atoms. The summed E-state index contributed by atoms with van der Waals surface area (Å²) in [5.74, 6) is 5.27. The number of pyridine rings is 1. The maximum atomic E-state index is 12.3. The Morgan fingerprint density at radius 3 is 2.59 bits per heavy atom. The third-order valence-corrected chi connectivity index (χ3v) is 4.43. The van der Waals surface area contributed by atoms with Gasteiger partial charge in [-0.3, -0.25) is 14.6 Å². The Labute approximate surface area is 185 Å². The van der Waals surface area contributed by atoms with Gasteiger partial charge < -0.3 is 25.5 Å². The second-order valence-electron chi connectivity index (χ2n) is 6.76. The highest BCUT2D eigenvalue weighted by Gasteiger charge is 2.29. The minimum absolute atomic E-state index is 0.0901. The van der Waals surface area contributed by atoms with Crippen LogP contribution in [0.25, 0.3) is 11.4 Å². The van der Waals surface area contributed by atoms with Crippen LogP contribution in [0.15, 0.2) is 48.8 Å². The monoisotopic (exact) mass is 433 g/mol. The van der Waals surface area contributed by atoms with E-state index in [4.69, 9.17) is 10.5 Å². The third-order valence-electron chi connectivity index (χ3n) is 4.43. The summed E-state index contributed by atoms with van der Waals surface area (Å²) < 4.78 is 7.35. The molecule has 9 nitrogen and oxygen atoms in total. The molecule has 0 spiro atoms. The quantitative estimate of drug-likeness (QED) is 0.521. The van der Waals surface area contributed by atoms with Gasteiger partial charge in [0.15, 0.2) is 5.69 Å². The standard InChI is InChI=1S/C18H18N4O4.C5H5N/c1-10(23)3-4-11-5-6-13-12(9-11)17-21-14(16(19)24)15(18(25)20-2)22(17)7-8-26-13;1-2-4-6-5-3-1/h5-6,9-10,23H,7-8H2,1-2H3,(H2,19,24)(H,20,25);1-5H/t10-;/m0./s1. The molecule has 9 heteroatoms. The molecule has 1 aromatic carbocycles. The molecular weight excluding hydrogens is 410 g/mol. The largest absolute Gasteiger partial charge is 0.491 e. The minimum atomic E-state index is -0.781. The van der Waals surface area contributed by atoms with Gasteiger partial charge in [0.05, 0.1) is 12.1 Å². The first-order valence-corrected chi connectivity index (χ1v) is 9.86. The van der Waals surface area contributed by atoms with Gasteiger partial charge in [0.1, 0.15) is 30.0 Å². The fourth-order valence-electron chi connectivity index (χ4n) is 3.05. The second kappa shape index (κ2) is 10.2. The molecule has 3 aromatic rings. The van der Waals surface area contributed by atoms with Crippen LogP contribution in [-0.2, 0) is 6.54 Å². The lowest BCUT2D eigenvalue weighted by atomic mass is 10.1. The molecule has 0 fully saturated rings. The van der Waals surface area contributed by atoms with Crippen molar-refractivity contribution < 1.29 is 19.4 Å². The number of hydrogen-bond acceptors (Lipinski definition) is 6. The lowest BCUT2D eigenvalue weighted by molar-refractivity contribution is 0.0933. The highest BCUT2D eigenvalue weighted by Crippen LogP contribution is 2.34. The lowest BCUT2D eigenvalue weighted by Gasteiger charge is -2.07. The number of amides is 2. The van der Waals surface area contributed by atoms with Gasteiger partial charge in [0, 0.05) is 25.0 Å². The SMILES string of the molecule is CNC(=O)c1c(C(N)=O)nc2n1CCOc1ccc(C#C[C@H](C)O)cc1-2.c1ccncc1. The average Bonchev–Trinajstić information content (AvgIpc) is 3.10. The fourth-order valence-corrected chi connectivity index (χ4v) is 3.05. The predicted octanol–water partition coefficient (Wildman–Crippen LogP) is 1.21. The van der Waals surface area contributed by atoms with Gasteiger partial charge in [-0.25, -0.2) is 4.98 Å². The molecular formula is C23H23N5O4. The van der Waals surface area contributed by atoms with E-state index in [1.54, 1.807) is 42.1 Å². The minimum Gasteiger partial charge on any atom is -0.491 e. The fraction of sp³-hybridized carbons (Fsp3) is 0.217. The number of aliphatic hydroxyl groups is 1. The molecule has 0 saturated heterocycles. The maximum Gasteiger partial charge on any atom is 0.270 e. The average molecular weight is 433 g/mol. The summed E-state index contributed by atoms with van der Waals surface area (Å²) >= 11 is 0. The predicted molar refractivity (Wildman–Crippen MR) is 118 cm³/mol. The molecule has 3 heterocycles. The maximum absolute atomic E-state index is 12.3. The number of nitrogens with two attached hydrogens (primary N) is 1. The zero-order valence-corrected chi connectivity index (χ0v) is 17.7. The summed E-state index contributed by atoms with van der Waals surface area (Å²) in [5, 5.41) is 11.8. The van der Waals surface area contributed by atoms with Gasteiger partial charge in [-0.2, -0.15) is 0 Å². The lowest BCUT2D eigenvalue weighted by Crippen LogP contribution is -2.26. The summed E-state index contributed by atoms with van der Waals surface area (Å²) in [5.41, 5.74) is 6.67. The normalized spacial score (nSPS) is 12.2. The van der Waals surface area contributed by atoms with Crippen LogP contribution in [0.5, 0.6) is 5.75 Å². The highest BCUT2D eigenvalue weighted by molar-refractivity contribution is 6.05. The van der Waals surface area contributed by atoms with E-state index in [9.17, 15) is 14.7 Å². The molecule has 4 rings (SSSR count). The zero-order valence-electron chi connectivity index (χ0n) is 17.7. The first-order chi connectivity index (χ1) is 15.4. The van der Waals surface area contributed by atoms with Crippen molar-refractivity contribution >= 4 is 11.8 Å².